The molecule has 0 aliphatic rings. The van der Waals surface area contributed by atoms with Gasteiger partial charge in [0.05, 0.1) is 12.7 Å². The van der Waals surface area contributed by atoms with Crippen LogP contribution in [-0.4, -0.2) is 25.8 Å². The van der Waals surface area contributed by atoms with Crippen molar-refractivity contribution in [1.82, 2.24) is 5.32 Å². The van der Waals surface area contributed by atoms with Gasteiger partial charge in [0.1, 0.15) is 5.82 Å². The molecule has 0 aliphatic heterocycles. The van der Waals surface area contributed by atoms with Crippen LogP contribution in [0.5, 0.6) is 0 Å². The van der Waals surface area contributed by atoms with Gasteiger partial charge in [-0.3, -0.25) is 0 Å². The van der Waals surface area contributed by atoms with E-state index in [4.69, 9.17) is 4.74 Å². The summed E-state index contributed by atoms with van der Waals surface area (Å²) in [5.74, 6) is -0.146. The highest BCUT2D eigenvalue weighted by Gasteiger charge is 2.11. The second kappa shape index (κ2) is 6.61. The van der Waals surface area contributed by atoms with Crippen molar-refractivity contribution in [2.75, 3.05) is 13.7 Å². The van der Waals surface area contributed by atoms with E-state index in [1.807, 2.05) is 33.0 Å². The first-order valence-electron chi connectivity index (χ1n) is 5.65. The summed E-state index contributed by atoms with van der Waals surface area (Å²) in [7, 11) is 1.87. The van der Waals surface area contributed by atoms with E-state index in [0.717, 1.165) is 5.56 Å². The molecular formula is C13H20FNO. The minimum atomic E-state index is -0.146. The number of hydrogen-bond donors (Lipinski definition) is 1. The lowest BCUT2D eigenvalue weighted by Crippen LogP contribution is -2.33. The average molecular weight is 225 g/mol. The molecule has 1 N–H and O–H groups in total. The highest BCUT2D eigenvalue weighted by Crippen LogP contribution is 2.09. The SMILES string of the molecule is CNC(COC(C)C)Cc1ccccc1F. The van der Waals surface area contributed by atoms with Crippen LogP contribution in [0.4, 0.5) is 4.39 Å². The van der Waals surface area contributed by atoms with Crippen molar-refractivity contribution < 1.29 is 9.13 Å². The van der Waals surface area contributed by atoms with Gasteiger partial charge in [-0.15, -0.1) is 0 Å². The van der Waals surface area contributed by atoms with E-state index < -0.39 is 0 Å². The Hall–Kier alpha value is -0.930. The van der Waals surface area contributed by atoms with Crippen LogP contribution in [0, 0.1) is 5.82 Å². The Labute approximate surface area is 96.8 Å². The van der Waals surface area contributed by atoms with Gasteiger partial charge in [-0.05, 0) is 38.9 Å². The van der Waals surface area contributed by atoms with Crippen LogP contribution in [0.3, 0.4) is 0 Å². The van der Waals surface area contributed by atoms with E-state index in [-0.39, 0.29) is 18.0 Å². The Morgan fingerprint density at radius 2 is 2.00 bits per heavy atom. The second-order valence-electron chi connectivity index (χ2n) is 4.16. The van der Waals surface area contributed by atoms with E-state index in [0.29, 0.717) is 13.0 Å². The maximum Gasteiger partial charge on any atom is 0.126 e. The van der Waals surface area contributed by atoms with E-state index in [9.17, 15) is 4.39 Å². The fourth-order valence-corrected chi connectivity index (χ4v) is 1.48. The van der Waals surface area contributed by atoms with Gasteiger partial charge in [0.15, 0.2) is 0 Å². The molecule has 0 saturated carbocycles. The molecule has 0 bridgehead atoms. The summed E-state index contributed by atoms with van der Waals surface area (Å²) in [5.41, 5.74) is 0.731. The number of likely N-dealkylation sites (N-methyl/N-ethyl adjacent to an activating group) is 1. The molecule has 1 unspecified atom stereocenters. The molecule has 0 radical (unpaired) electrons. The zero-order chi connectivity index (χ0) is 12.0. The van der Waals surface area contributed by atoms with Crippen LogP contribution in [-0.2, 0) is 11.2 Å². The molecule has 2 nitrogen and oxygen atoms in total. The van der Waals surface area contributed by atoms with Crippen molar-refractivity contribution in [2.24, 2.45) is 0 Å². The lowest BCUT2D eigenvalue weighted by atomic mass is 10.1. The zero-order valence-corrected chi connectivity index (χ0v) is 10.2. The number of nitrogens with one attached hydrogen (secondary N) is 1. The first kappa shape index (κ1) is 13.1. The largest absolute Gasteiger partial charge is 0.377 e. The summed E-state index contributed by atoms with van der Waals surface area (Å²) in [5, 5.41) is 3.14. The van der Waals surface area contributed by atoms with Gasteiger partial charge in [-0.2, -0.15) is 0 Å². The lowest BCUT2D eigenvalue weighted by molar-refractivity contribution is 0.0626. The van der Waals surface area contributed by atoms with Crippen molar-refractivity contribution in [3.63, 3.8) is 0 Å². The molecule has 0 aromatic heterocycles. The first-order valence-corrected chi connectivity index (χ1v) is 5.65. The smallest absolute Gasteiger partial charge is 0.126 e. The van der Waals surface area contributed by atoms with Crippen LogP contribution in [0.15, 0.2) is 24.3 Å². The summed E-state index contributed by atoms with van der Waals surface area (Å²) >= 11 is 0. The predicted molar refractivity (Wildman–Crippen MR) is 64.0 cm³/mol. The fourth-order valence-electron chi connectivity index (χ4n) is 1.48. The molecule has 1 aromatic carbocycles. The van der Waals surface area contributed by atoms with E-state index in [2.05, 4.69) is 5.32 Å². The normalized spacial score (nSPS) is 13.1. The maximum atomic E-state index is 13.4. The molecule has 0 amide bonds. The topological polar surface area (TPSA) is 21.3 Å². The van der Waals surface area contributed by atoms with E-state index >= 15 is 0 Å². The third-order valence-corrected chi connectivity index (χ3v) is 2.46. The monoisotopic (exact) mass is 225 g/mol. The molecule has 1 aromatic rings. The Balaban J connectivity index is 2.53. The van der Waals surface area contributed by atoms with Crippen LogP contribution >= 0.6 is 0 Å². The average Bonchev–Trinajstić information content (AvgIpc) is 2.26. The Kier molecular flexibility index (Phi) is 5.43. The minimum Gasteiger partial charge on any atom is -0.377 e. The Morgan fingerprint density at radius 3 is 2.56 bits per heavy atom. The fraction of sp³-hybridized carbons (Fsp3) is 0.538. The number of rotatable bonds is 6. The first-order chi connectivity index (χ1) is 7.63. The Morgan fingerprint density at radius 1 is 1.31 bits per heavy atom. The van der Waals surface area contributed by atoms with Crippen LogP contribution in [0.25, 0.3) is 0 Å². The quantitative estimate of drug-likeness (QED) is 0.802. The summed E-state index contributed by atoms with van der Waals surface area (Å²) in [6, 6.07) is 7.02. The van der Waals surface area contributed by atoms with Crippen molar-refractivity contribution in [1.29, 1.82) is 0 Å². The molecule has 1 rings (SSSR count). The standard InChI is InChI=1S/C13H20FNO/c1-10(2)16-9-12(15-3)8-11-6-4-5-7-13(11)14/h4-7,10,12,15H,8-9H2,1-3H3. The molecule has 0 aliphatic carbocycles. The lowest BCUT2D eigenvalue weighted by Gasteiger charge is -2.18. The van der Waals surface area contributed by atoms with Gasteiger partial charge in [-0.1, -0.05) is 18.2 Å². The highest BCUT2D eigenvalue weighted by atomic mass is 19.1. The molecule has 1 atom stereocenters. The molecule has 0 heterocycles. The summed E-state index contributed by atoms with van der Waals surface area (Å²) in [4.78, 5) is 0. The van der Waals surface area contributed by atoms with Gasteiger partial charge in [0.2, 0.25) is 0 Å². The molecule has 90 valence electrons. The van der Waals surface area contributed by atoms with Gasteiger partial charge in [0, 0.05) is 6.04 Å². The number of benzene rings is 1. The minimum absolute atomic E-state index is 0.146. The van der Waals surface area contributed by atoms with E-state index in [1.165, 1.54) is 6.07 Å². The van der Waals surface area contributed by atoms with Crippen molar-refractivity contribution >= 4 is 0 Å². The molecule has 0 fully saturated rings. The molecule has 3 heteroatoms. The van der Waals surface area contributed by atoms with Crippen molar-refractivity contribution in [3.8, 4) is 0 Å². The van der Waals surface area contributed by atoms with Crippen LogP contribution in [0.2, 0.25) is 0 Å². The number of ether oxygens (including phenoxy) is 1. The highest BCUT2D eigenvalue weighted by molar-refractivity contribution is 5.18. The maximum absolute atomic E-state index is 13.4. The zero-order valence-electron chi connectivity index (χ0n) is 10.2. The van der Waals surface area contributed by atoms with Gasteiger partial charge in [-0.25, -0.2) is 4.39 Å². The van der Waals surface area contributed by atoms with Gasteiger partial charge < -0.3 is 10.1 Å². The molecular weight excluding hydrogens is 205 g/mol. The van der Waals surface area contributed by atoms with Gasteiger partial charge in [0.25, 0.3) is 0 Å². The van der Waals surface area contributed by atoms with Gasteiger partial charge >= 0.3 is 0 Å². The van der Waals surface area contributed by atoms with Crippen molar-refractivity contribution in [3.05, 3.63) is 35.6 Å². The molecule has 16 heavy (non-hydrogen) atoms. The number of halogens is 1. The Bertz CT molecular complexity index is 315. The van der Waals surface area contributed by atoms with Crippen LogP contribution < -0.4 is 5.32 Å². The summed E-state index contributed by atoms with van der Waals surface area (Å²) in [6.45, 7) is 4.59. The third-order valence-electron chi connectivity index (χ3n) is 2.46. The van der Waals surface area contributed by atoms with Crippen LogP contribution in [0.1, 0.15) is 19.4 Å². The summed E-state index contributed by atoms with van der Waals surface area (Å²) < 4.78 is 18.9. The molecule has 0 spiro atoms. The number of hydrogen-bond acceptors (Lipinski definition) is 2. The second-order valence-corrected chi connectivity index (χ2v) is 4.16. The van der Waals surface area contributed by atoms with E-state index in [1.54, 1.807) is 6.07 Å². The molecule has 0 saturated heterocycles. The predicted octanol–water partition coefficient (Wildman–Crippen LogP) is 2.38. The summed E-state index contributed by atoms with van der Waals surface area (Å²) in [6.07, 6.45) is 0.854. The third kappa shape index (κ3) is 4.29. The van der Waals surface area contributed by atoms with Crippen molar-refractivity contribution in [2.45, 2.75) is 32.4 Å².